The maximum Gasteiger partial charge on any atom is 0.127 e. The summed E-state index contributed by atoms with van der Waals surface area (Å²) in [5, 5.41) is 10.6. The van der Waals surface area contributed by atoms with Crippen LogP contribution in [0.3, 0.4) is 0 Å². The van der Waals surface area contributed by atoms with Crippen LogP contribution < -0.4 is 0 Å². The summed E-state index contributed by atoms with van der Waals surface area (Å²) in [4.78, 5) is 2.29. The molecule has 0 amide bonds. The first-order chi connectivity index (χ1) is 9.17. The van der Waals surface area contributed by atoms with Gasteiger partial charge in [-0.05, 0) is 25.3 Å². The van der Waals surface area contributed by atoms with Crippen LogP contribution in [0.5, 0.6) is 0 Å². The molecule has 1 heterocycles. The first kappa shape index (κ1) is 13.1. The van der Waals surface area contributed by atoms with Crippen molar-refractivity contribution in [3.8, 4) is 0 Å². The number of hydrogen-bond acceptors (Lipinski definition) is 2. The molecule has 3 rings (SSSR count). The van der Waals surface area contributed by atoms with Crippen molar-refractivity contribution >= 4 is 0 Å². The zero-order chi connectivity index (χ0) is 13.3. The molecule has 0 bridgehead atoms. The Bertz CT molecular complexity index is 450. The Kier molecular flexibility index (Phi) is 3.59. The highest BCUT2D eigenvalue weighted by molar-refractivity contribution is 5.17. The monoisotopic (exact) mass is 263 g/mol. The van der Waals surface area contributed by atoms with Gasteiger partial charge in [0.05, 0.1) is 5.60 Å². The number of likely N-dealkylation sites (tertiary alicyclic amines) is 1. The molecular weight excluding hydrogens is 241 g/mol. The molecule has 0 aromatic heterocycles. The molecule has 0 spiro atoms. The average molecular weight is 263 g/mol. The molecule has 2 aliphatic rings. The van der Waals surface area contributed by atoms with Gasteiger partial charge in [0.1, 0.15) is 5.82 Å². The molecule has 1 aliphatic heterocycles. The standard InChI is InChI=1S/C16H22FNO/c17-15-7-2-1-5-13(15)11-18-10-9-16(19)8-4-3-6-14(16)12-18/h1-2,5,7,14,19H,3-4,6,8-12H2. The number of fused-ring (bicyclic) bond motifs is 1. The van der Waals surface area contributed by atoms with Gasteiger partial charge in [-0.1, -0.05) is 31.0 Å². The number of piperidine rings is 1. The van der Waals surface area contributed by atoms with E-state index in [0.29, 0.717) is 12.5 Å². The number of halogens is 1. The van der Waals surface area contributed by atoms with Gasteiger partial charge >= 0.3 is 0 Å². The summed E-state index contributed by atoms with van der Waals surface area (Å²) in [7, 11) is 0. The summed E-state index contributed by atoms with van der Waals surface area (Å²) >= 11 is 0. The Balaban J connectivity index is 1.67. The summed E-state index contributed by atoms with van der Waals surface area (Å²) < 4.78 is 13.7. The largest absolute Gasteiger partial charge is 0.390 e. The van der Waals surface area contributed by atoms with Crippen molar-refractivity contribution < 1.29 is 9.50 Å². The highest BCUT2D eigenvalue weighted by atomic mass is 19.1. The van der Waals surface area contributed by atoms with E-state index in [4.69, 9.17) is 0 Å². The second-order valence-corrected chi connectivity index (χ2v) is 6.12. The fourth-order valence-corrected chi connectivity index (χ4v) is 3.65. The molecule has 1 aliphatic carbocycles. The summed E-state index contributed by atoms with van der Waals surface area (Å²) in [6.45, 7) is 2.45. The fourth-order valence-electron chi connectivity index (χ4n) is 3.65. The quantitative estimate of drug-likeness (QED) is 0.886. The molecule has 1 N–H and O–H groups in total. The summed E-state index contributed by atoms with van der Waals surface area (Å²) in [5.74, 6) is 0.258. The Morgan fingerprint density at radius 1 is 1.26 bits per heavy atom. The number of aliphatic hydroxyl groups is 1. The van der Waals surface area contributed by atoms with Crippen LogP contribution in [0.15, 0.2) is 24.3 Å². The minimum absolute atomic E-state index is 0.119. The molecule has 19 heavy (non-hydrogen) atoms. The van der Waals surface area contributed by atoms with Gasteiger partial charge in [-0.3, -0.25) is 4.90 Å². The molecule has 3 heteroatoms. The third kappa shape index (κ3) is 2.67. The van der Waals surface area contributed by atoms with Crippen molar-refractivity contribution in [2.24, 2.45) is 5.92 Å². The zero-order valence-corrected chi connectivity index (χ0v) is 11.3. The van der Waals surface area contributed by atoms with Crippen molar-refractivity contribution in [3.05, 3.63) is 35.6 Å². The van der Waals surface area contributed by atoms with E-state index in [1.54, 1.807) is 6.07 Å². The lowest BCUT2D eigenvalue weighted by molar-refractivity contribution is -0.0968. The van der Waals surface area contributed by atoms with Crippen LogP contribution in [0.1, 0.15) is 37.7 Å². The Labute approximate surface area is 114 Å². The average Bonchev–Trinajstić information content (AvgIpc) is 2.41. The van der Waals surface area contributed by atoms with Crippen LogP contribution in [-0.2, 0) is 6.54 Å². The number of benzene rings is 1. The van der Waals surface area contributed by atoms with E-state index < -0.39 is 5.60 Å². The fraction of sp³-hybridized carbons (Fsp3) is 0.625. The van der Waals surface area contributed by atoms with E-state index in [1.807, 2.05) is 12.1 Å². The van der Waals surface area contributed by atoms with Crippen LogP contribution in [-0.4, -0.2) is 28.7 Å². The van der Waals surface area contributed by atoms with Crippen molar-refractivity contribution in [1.82, 2.24) is 4.90 Å². The van der Waals surface area contributed by atoms with E-state index in [2.05, 4.69) is 4.90 Å². The lowest BCUT2D eigenvalue weighted by Crippen LogP contribution is -2.53. The highest BCUT2D eigenvalue weighted by Crippen LogP contribution is 2.40. The minimum Gasteiger partial charge on any atom is -0.390 e. The van der Waals surface area contributed by atoms with Gasteiger partial charge in [0.15, 0.2) is 0 Å². The number of nitrogens with zero attached hydrogens (tertiary/aromatic N) is 1. The molecule has 1 aromatic rings. The predicted molar refractivity (Wildman–Crippen MR) is 73.2 cm³/mol. The van der Waals surface area contributed by atoms with Gasteiger partial charge < -0.3 is 5.11 Å². The van der Waals surface area contributed by atoms with Gasteiger partial charge in [-0.25, -0.2) is 4.39 Å². The van der Waals surface area contributed by atoms with Crippen molar-refractivity contribution in [2.45, 2.75) is 44.2 Å². The maximum absolute atomic E-state index is 13.7. The van der Waals surface area contributed by atoms with Gasteiger partial charge in [0.2, 0.25) is 0 Å². The Hall–Kier alpha value is -0.930. The molecule has 2 nitrogen and oxygen atoms in total. The van der Waals surface area contributed by atoms with Crippen LogP contribution >= 0.6 is 0 Å². The normalized spacial score (nSPS) is 32.0. The van der Waals surface area contributed by atoms with Crippen molar-refractivity contribution in [1.29, 1.82) is 0 Å². The van der Waals surface area contributed by atoms with Crippen LogP contribution in [0, 0.1) is 11.7 Å². The first-order valence-electron chi connectivity index (χ1n) is 7.35. The number of rotatable bonds is 2. The summed E-state index contributed by atoms with van der Waals surface area (Å²) in [6, 6.07) is 7.00. The zero-order valence-electron chi connectivity index (χ0n) is 11.3. The lowest BCUT2D eigenvalue weighted by Gasteiger charge is -2.47. The second-order valence-electron chi connectivity index (χ2n) is 6.12. The van der Waals surface area contributed by atoms with E-state index in [0.717, 1.165) is 44.3 Å². The summed E-state index contributed by atoms with van der Waals surface area (Å²) in [6.07, 6.45) is 5.28. The molecular formula is C16H22FNO. The van der Waals surface area contributed by atoms with E-state index in [9.17, 15) is 9.50 Å². The topological polar surface area (TPSA) is 23.5 Å². The van der Waals surface area contributed by atoms with Crippen LogP contribution in [0.2, 0.25) is 0 Å². The highest BCUT2D eigenvalue weighted by Gasteiger charge is 2.42. The Morgan fingerprint density at radius 3 is 2.95 bits per heavy atom. The van der Waals surface area contributed by atoms with Crippen molar-refractivity contribution in [3.63, 3.8) is 0 Å². The van der Waals surface area contributed by atoms with E-state index in [-0.39, 0.29) is 5.82 Å². The first-order valence-corrected chi connectivity index (χ1v) is 7.35. The SMILES string of the molecule is OC12CCCCC1CN(Cc1ccccc1F)CC2. The molecule has 1 aromatic carbocycles. The third-order valence-corrected chi connectivity index (χ3v) is 4.86. The molecule has 2 unspecified atom stereocenters. The smallest absolute Gasteiger partial charge is 0.127 e. The van der Waals surface area contributed by atoms with Gasteiger partial charge in [0.25, 0.3) is 0 Å². The Morgan fingerprint density at radius 2 is 2.11 bits per heavy atom. The second kappa shape index (κ2) is 5.22. The molecule has 1 saturated heterocycles. The molecule has 0 radical (unpaired) electrons. The summed E-state index contributed by atoms with van der Waals surface area (Å²) in [5.41, 5.74) is 0.327. The molecule has 2 atom stereocenters. The van der Waals surface area contributed by atoms with Crippen LogP contribution in [0.4, 0.5) is 4.39 Å². The van der Waals surface area contributed by atoms with Crippen LogP contribution in [0.25, 0.3) is 0 Å². The molecule has 1 saturated carbocycles. The minimum atomic E-state index is -0.440. The number of hydrogen-bond donors (Lipinski definition) is 1. The van der Waals surface area contributed by atoms with Gasteiger partial charge in [0, 0.05) is 31.1 Å². The lowest BCUT2D eigenvalue weighted by atomic mass is 9.71. The van der Waals surface area contributed by atoms with Gasteiger partial charge in [-0.2, -0.15) is 0 Å². The van der Waals surface area contributed by atoms with E-state index >= 15 is 0 Å². The molecule has 2 fully saturated rings. The van der Waals surface area contributed by atoms with Gasteiger partial charge in [-0.15, -0.1) is 0 Å². The maximum atomic E-state index is 13.7. The predicted octanol–water partition coefficient (Wildman–Crippen LogP) is 2.95. The van der Waals surface area contributed by atoms with Crippen molar-refractivity contribution in [2.75, 3.05) is 13.1 Å². The third-order valence-electron chi connectivity index (χ3n) is 4.86. The van der Waals surface area contributed by atoms with E-state index in [1.165, 1.54) is 12.5 Å². The molecule has 104 valence electrons.